The van der Waals surface area contributed by atoms with E-state index in [0.717, 1.165) is 41.8 Å². The average Bonchev–Trinajstić information content (AvgIpc) is 2.75. The zero-order valence-electron chi connectivity index (χ0n) is 18.6. The van der Waals surface area contributed by atoms with E-state index in [0.29, 0.717) is 19.5 Å². The lowest BCUT2D eigenvalue weighted by molar-refractivity contribution is -0.129. The van der Waals surface area contributed by atoms with Gasteiger partial charge in [-0.3, -0.25) is 4.79 Å². The van der Waals surface area contributed by atoms with Crippen LogP contribution in [0, 0.1) is 6.92 Å². The number of likely N-dealkylation sites (tertiary alicyclic amines) is 1. The molecule has 6 nitrogen and oxygen atoms in total. The minimum Gasteiger partial charge on any atom is -0.487 e. The minimum absolute atomic E-state index is 0.0748. The summed E-state index contributed by atoms with van der Waals surface area (Å²) in [4.78, 5) is 28.7. The summed E-state index contributed by atoms with van der Waals surface area (Å²) in [6.45, 7) is 3.29. The van der Waals surface area contributed by atoms with Gasteiger partial charge in [-0.1, -0.05) is 35.9 Å². The molecule has 31 heavy (non-hydrogen) atoms. The maximum atomic E-state index is 12.7. The lowest BCUT2D eigenvalue weighted by atomic mass is 9.76. The first-order chi connectivity index (χ1) is 14.8. The molecular formula is C25H31N3O3. The lowest BCUT2D eigenvalue weighted by Gasteiger charge is -2.47. The van der Waals surface area contributed by atoms with Crippen LogP contribution in [0.1, 0.15) is 42.7 Å². The van der Waals surface area contributed by atoms with Crippen molar-refractivity contribution in [3.8, 4) is 5.75 Å². The Morgan fingerprint density at radius 3 is 2.45 bits per heavy atom. The van der Waals surface area contributed by atoms with Gasteiger partial charge in [0.05, 0.1) is 0 Å². The van der Waals surface area contributed by atoms with Crippen LogP contribution >= 0.6 is 0 Å². The van der Waals surface area contributed by atoms with Crippen LogP contribution in [-0.4, -0.2) is 54.5 Å². The van der Waals surface area contributed by atoms with Crippen molar-refractivity contribution in [2.75, 3.05) is 32.5 Å². The number of nitrogens with zero attached hydrogens (tertiary/aromatic N) is 2. The minimum atomic E-state index is -0.327. The molecule has 0 aromatic heterocycles. The molecule has 4 rings (SSSR count). The van der Waals surface area contributed by atoms with Crippen LogP contribution in [0.4, 0.5) is 10.5 Å². The number of para-hydroxylation sites is 1. The largest absolute Gasteiger partial charge is 0.487 e. The number of anilines is 1. The molecule has 0 bridgehead atoms. The van der Waals surface area contributed by atoms with Crippen molar-refractivity contribution in [1.29, 1.82) is 0 Å². The quantitative estimate of drug-likeness (QED) is 0.799. The van der Waals surface area contributed by atoms with E-state index in [4.69, 9.17) is 4.74 Å². The monoisotopic (exact) mass is 421 g/mol. The van der Waals surface area contributed by atoms with Gasteiger partial charge in [0.2, 0.25) is 5.91 Å². The molecule has 2 aliphatic rings. The number of carbonyl (C=O) groups is 2. The number of nitrogens with one attached hydrogen (secondary N) is 1. The third-order valence-electron chi connectivity index (χ3n) is 6.49. The fourth-order valence-corrected chi connectivity index (χ4v) is 4.58. The molecule has 0 aliphatic carbocycles. The lowest BCUT2D eigenvalue weighted by Crippen LogP contribution is -2.52. The number of benzene rings is 2. The zero-order chi connectivity index (χ0) is 22.0. The van der Waals surface area contributed by atoms with Crippen molar-refractivity contribution in [2.45, 2.75) is 44.1 Å². The maximum absolute atomic E-state index is 12.7. The molecule has 0 radical (unpaired) electrons. The molecule has 0 unspecified atom stereocenters. The highest BCUT2D eigenvalue weighted by Crippen LogP contribution is 2.46. The Hall–Kier alpha value is -3.02. The number of carbonyl (C=O) groups excluding carboxylic acids is 2. The molecule has 2 aromatic carbocycles. The number of hydrogen-bond acceptors (Lipinski definition) is 3. The molecule has 2 heterocycles. The highest BCUT2D eigenvalue weighted by atomic mass is 16.5. The highest BCUT2D eigenvalue weighted by Gasteiger charge is 2.44. The predicted octanol–water partition coefficient (Wildman–Crippen LogP) is 4.41. The standard InChI is InChI=1S/C25H31N3O3/c1-18-8-10-20(11-9-18)26-24(30)28-14-12-25(13-15-28)17-19(16-23(29)27(2)3)21-6-4-5-7-22(21)31-25/h4-11,19H,12-17H2,1-3H3,(H,26,30)/t19-/m0/s1. The summed E-state index contributed by atoms with van der Waals surface area (Å²) >= 11 is 0. The summed E-state index contributed by atoms with van der Waals surface area (Å²) in [5.74, 6) is 1.14. The maximum Gasteiger partial charge on any atom is 0.321 e. The SMILES string of the molecule is Cc1ccc(NC(=O)N2CCC3(CC2)C[C@H](CC(=O)N(C)C)c2ccccc2O3)cc1. The third-order valence-corrected chi connectivity index (χ3v) is 6.49. The van der Waals surface area contributed by atoms with Gasteiger partial charge in [0.1, 0.15) is 11.4 Å². The first-order valence-electron chi connectivity index (χ1n) is 11.0. The molecule has 1 spiro atoms. The Bertz CT molecular complexity index is 947. The van der Waals surface area contributed by atoms with Gasteiger partial charge in [-0.05, 0) is 37.1 Å². The number of ether oxygens (including phenoxy) is 1. The van der Waals surface area contributed by atoms with Gasteiger partial charge in [-0.15, -0.1) is 0 Å². The Morgan fingerprint density at radius 2 is 1.77 bits per heavy atom. The van der Waals surface area contributed by atoms with Crippen LogP contribution in [0.5, 0.6) is 5.75 Å². The van der Waals surface area contributed by atoms with Gasteiger partial charge >= 0.3 is 6.03 Å². The third kappa shape index (κ3) is 4.68. The number of fused-ring (bicyclic) bond motifs is 1. The van der Waals surface area contributed by atoms with Gasteiger partial charge in [0, 0.05) is 58.1 Å². The van der Waals surface area contributed by atoms with Gasteiger partial charge in [0.25, 0.3) is 0 Å². The van der Waals surface area contributed by atoms with Gasteiger partial charge in [0.15, 0.2) is 0 Å². The van der Waals surface area contributed by atoms with Gasteiger partial charge in [-0.2, -0.15) is 0 Å². The van der Waals surface area contributed by atoms with E-state index in [1.165, 1.54) is 0 Å². The summed E-state index contributed by atoms with van der Waals surface area (Å²) in [5.41, 5.74) is 2.76. The van der Waals surface area contributed by atoms with Crippen molar-refractivity contribution in [3.63, 3.8) is 0 Å². The van der Waals surface area contributed by atoms with Crippen LogP contribution in [0.15, 0.2) is 48.5 Å². The molecular weight excluding hydrogens is 390 g/mol. The highest BCUT2D eigenvalue weighted by molar-refractivity contribution is 5.89. The van der Waals surface area contributed by atoms with Crippen LogP contribution in [0.3, 0.4) is 0 Å². The molecule has 3 amide bonds. The normalized spacial score (nSPS) is 19.3. The molecule has 1 N–H and O–H groups in total. The second-order valence-electron chi connectivity index (χ2n) is 9.00. The second-order valence-corrected chi connectivity index (χ2v) is 9.00. The molecule has 2 aliphatic heterocycles. The van der Waals surface area contributed by atoms with Gasteiger partial charge in [-0.25, -0.2) is 4.79 Å². The summed E-state index contributed by atoms with van der Waals surface area (Å²) in [7, 11) is 3.60. The fourth-order valence-electron chi connectivity index (χ4n) is 4.58. The summed E-state index contributed by atoms with van der Waals surface area (Å²) < 4.78 is 6.51. The molecule has 1 atom stereocenters. The molecule has 164 valence electrons. The van der Waals surface area contributed by atoms with E-state index in [1.807, 2.05) is 54.3 Å². The second kappa shape index (κ2) is 8.61. The summed E-state index contributed by atoms with van der Waals surface area (Å²) in [6.07, 6.45) is 2.80. The molecule has 1 saturated heterocycles. The Balaban J connectivity index is 1.44. The van der Waals surface area contributed by atoms with Crippen LogP contribution in [0.2, 0.25) is 0 Å². The average molecular weight is 422 g/mol. The van der Waals surface area contributed by atoms with E-state index in [9.17, 15) is 9.59 Å². The number of amides is 3. The molecule has 1 fully saturated rings. The number of aryl methyl sites for hydroxylation is 1. The molecule has 0 saturated carbocycles. The van der Waals surface area contributed by atoms with Crippen molar-refractivity contribution < 1.29 is 14.3 Å². The topological polar surface area (TPSA) is 61.9 Å². The van der Waals surface area contributed by atoms with Crippen LogP contribution < -0.4 is 10.1 Å². The number of rotatable bonds is 3. The zero-order valence-corrected chi connectivity index (χ0v) is 18.6. The van der Waals surface area contributed by atoms with Gasteiger partial charge < -0.3 is 19.9 Å². The number of piperidine rings is 1. The van der Waals surface area contributed by atoms with Crippen molar-refractivity contribution >= 4 is 17.6 Å². The van der Waals surface area contributed by atoms with E-state index in [2.05, 4.69) is 11.4 Å². The predicted molar refractivity (Wildman–Crippen MR) is 121 cm³/mol. The van der Waals surface area contributed by atoms with Crippen molar-refractivity contribution in [3.05, 3.63) is 59.7 Å². The number of hydrogen-bond donors (Lipinski definition) is 1. The van der Waals surface area contributed by atoms with E-state index in [1.54, 1.807) is 19.0 Å². The Morgan fingerprint density at radius 1 is 1.10 bits per heavy atom. The van der Waals surface area contributed by atoms with E-state index in [-0.39, 0.29) is 23.5 Å². The van der Waals surface area contributed by atoms with Crippen molar-refractivity contribution in [1.82, 2.24) is 9.80 Å². The Kier molecular flexibility index (Phi) is 5.90. The Labute approximate surface area is 184 Å². The van der Waals surface area contributed by atoms with Crippen LogP contribution in [-0.2, 0) is 4.79 Å². The number of urea groups is 1. The summed E-state index contributed by atoms with van der Waals surface area (Å²) in [5, 5.41) is 2.99. The van der Waals surface area contributed by atoms with Crippen molar-refractivity contribution in [2.24, 2.45) is 0 Å². The summed E-state index contributed by atoms with van der Waals surface area (Å²) in [6, 6.07) is 15.8. The van der Waals surface area contributed by atoms with E-state index >= 15 is 0 Å². The molecule has 6 heteroatoms. The first kappa shape index (κ1) is 21.2. The molecule has 2 aromatic rings. The van der Waals surface area contributed by atoms with Crippen LogP contribution in [0.25, 0.3) is 0 Å². The van der Waals surface area contributed by atoms with E-state index < -0.39 is 0 Å². The fraction of sp³-hybridized carbons (Fsp3) is 0.440. The first-order valence-corrected chi connectivity index (χ1v) is 11.0. The smallest absolute Gasteiger partial charge is 0.321 e.